The Labute approximate surface area is 192 Å². The highest BCUT2D eigenvalue weighted by Crippen LogP contribution is 2.29. The van der Waals surface area contributed by atoms with Gasteiger partial charge in [0.25, 0.3) is 5.38 Å². The lowest BCUT2D eigenvalue weighted by molar-refractivity contribution is -0.430. The van der Waals surface area contributed by atoms with Gasteiger partial charge >= 0.3 is 0 Å². The van der Waals surface area contributed by atoms with Gasteiger partial charge in [0, 0.05) is 11.8 Å². The number of alkyl halides is 1. The molecule has 0 aliphatic heterocycles. The summed E-state index contributed by atoms with van der Waals surface area (Å²) >= 11 is 6.52. The van der Waals surface area contributed by atoms with Gasteiger partial charge in [-0.2, -0.15) is 5.10 Å². The Balaban J connectivity index is 1.65. The van der Waals surface area contributed by atoms with Gasteiger partial charge in [0.1, 0.15) is 12.4 Å². The molecule has 5 nitrogen and oxygen atoms in total. The van der Waals surface area contributed by atoms with E-state index in [9.17, 15) is 0 Å². The zero-order valence-electron chi connectivity index (χ0n) is 17.8. The van der Waals surface area contributed by atoms with Gasteiger partial charge in [-0.3, -0.25) is 0 Å². The number of halogens is 1. The van der Waals surface area contributed by atoms with Gasteiger partial charge in [-0.25, -0.2) is 14.6 Å². The molecule has 0 aliphatic rings. The summed E-state index contributed by atoms with van der Waals surface area (Å²) < 4.78 is 1.94. The highest BCUT2D eigenvalue weighted by Gasteiger charge is 2.22. The largest absolute Gasteiger partial charge is 0.365 e. The molecule has 160 valence electrons. The maximum atomic E-state index is 4.86. The van der Waals surface area contributed by atoms with E-state index in [1.54, 1.807) is 11.8 Å². The number of nitrogens with zero attached hydrogens (tertiary/aromatic N) is 4. The quantitative estimate of drug-likeness (QED) is 0.217. The van der Waals surface area contributed by atoms with Crippen LogP contribution < -0.4 is 5.32 Å². The summed E-state index contributed by atoms with van der Waals surface area (Å²) in [7, 11) is 0. The lowest BCUT2D eigenvalue weighted by atomic mass is 10.1. The van der Waals surface area contributed by atoms with Crippen LogP contribution >= 0.6 is 11.8 Å². The van der Waals surface area contributed by atoms with Crippen LogP contribution in [0.25, 0.3) is 11.0 Å². The van der Waals surface area contributed by atoms with Crippen molar-refractivity contribution in [2.24, 2.45) is 0 Å². The van der Waals surface area contributed by atoms with E-state index in [0.717, 1.165) is 28.4 Å². The van der Waals surface area contributed by atoms with E-state index >= 15 is 0 Å². The molecule has 31 heavy (non-hydrogen) atoms. The monoisotopic (exact) mass is 453 g/mol. The maximum absolute atomic E-state index is 4.86. The molecule has 2 unspecified atom stereocenters. The molecule has 2 heterocycles. The smallest absolute Gasteiger partial charge is 0.278 e. The van der Waals surface area contributed by atoms with Gasteiger partial charge < -0.3 is 5.32 Å². The summed E-state index contributed by atoms with van der Waals surface area (Å²) in [5.74, 6) is 0.821. The van der Waals surface area contributed by atoms with Crippen molar-refractivity contribution in [3.8, 4) is 0 Å². The fraction of sp³-hybridized carbons (Fsp3) is 0.292. The highest BCUT2D eigenvalue weighted by atomic mass is 35.5. The first-order valence-electron chi connectivity index (χ1n) is 10.5. The van der Waals surface area contributed by atoms with Crippen molar-refractivity contribution < 1.29 is 11.6 Å². The van der Waals surface area contributed by atoms with E-state index in [-0.39, 0.29) is 5.38 Å². The molecule has 2 atom stereocenters. The number of aromatic nitrogens is 4. The summed E-state index contributed by atoms with van der Waals surface area (Å²) in [6.45, 7) is 5.72. The van der Waals surface area contributed by atoms with Crippen molar-refractivity contribution >= 4 is 28.6 Å². The molecule has 7 heteroatoms. The van der Waals surface area contributed by atoms with Crippen LogP contribution in [0.5, 0.6) is 0 Å². The summed E-state index contributed by atoms with van der Waals surface area (Å²) in [5.41, 5.74) is 3.21. The molecule has 1 N–H and O–H groups in total. The normalized spacial score (nSPS) is 13.3. The van der Waals surface area contributed by atoms with Crippen molar-refractivity contribution in [1.29, 1.82) is 0 Å². The molecule has 0 radical (unpaired) electrons. The molecule has 0 saturated carbocycles. The first-order chi connectivity index (χ1) is 15.1. The van der Waals surface area contributed by atoms with Crippen LogP contribution in [0.4, 0.5) is 5.82 Å². The summed E-state index contributed by atoms with van der Waals surface area (Å²) in [6, 6.07) is 20.6. The summed E-state index contributed by atoms with van der Waals surface area (Å²) in [4.78, 5) is 9.69. The van der Waals surface area contributed by atoms with E-state index in [1.807, 2.05) is 47.3 Å². The Morgan fingerprint density at radius 3 is 2.45 bits per heavy atom. The van der Waals surface area contributed by atoms with Gasteiger partial charge in [0.2, 0.25) is 0 Å². The van der Waals surface area contributed by atoms with Gasteiger partial charge in [-0.1, -0.05) is 74.1 Å². The van der Waals surface area contributed by atoms with Gasteiger partial charge in [-0.05, 0) is 35.7 Å². The Bertz CT molecular complexity index is 1120. The van der Waals surface area contributed by atoms with Crippen LogP contribution in [-0.4, -0.2) is 25.0 Å². The number of hydrogen-bond donors (Lipinski definition) is 1. The zero-order chi connectivity index (χ0) is 21.6. The van der Waals surface area contributed by atoms with Crippen LogP contribution in [0.15, 0.2) is 72.0 Å². The lowest BCUT2D eigenvalue weighted by Crippen LogP contribution is -2.10. The van der Waals surface area contributed by atoms with E-state index in [2.05, 4.69) is 48.5 Å². The summed E-state index contributed by atoms with van der Waals surface area (Å²) in [5, 5.41) is 10.3. The Hall–Kier alpha value is -2.57. The number of thioether (sulfide) groups is 1. The molecule has 0 bridgehead atoms. The first-order valence-corrected chi connectivity index (χ1v) is 11.9. The van der Waals surface area contributed by atoms with Crippen molar-refractivity contribution in [1.82, 2.24) is 19.7 Å². The van der Waals surface area contributed by atoms with Gasteiger partial charge in [-0.15, -0.1) is 0 Å². The highest BCUT2D eigenvalue weighted by molar-refractivity contribution is 7.99. The Morgan fingerprint density at radius 2 is 1.74 bits per heavy atom. The van der Waals surface area contributed by atoms with Gasteiger partial charge in [0.15, 0.2) is 10.8 Å². The number of nitrogens with one attached hydrogen (secondary N) is 1. The standard InChI is InChI=1S/C24H28ClN5S/c1-3-17(2)31-24-28-22(26-14-18-10-6-4-7-11-18)20-15-27-30(23(20)29-24)16-21(25)19-12-8-5-9-13-19/h4-13,15,17,21H,3,14,16,25H2,1-2H3,(H,26,28,29)/q+2. The third-order valence-corrected chi connectivity index (χ3v) is 6.78. The van der Waals surface area contributed by atoms with Crippen LogP contribution in [0.1, 0.15) is 36.8 Å². The van der Waals surface area contributed by atoms with Crippen molar-refractivity contribution in [3.05, 3.63) is 78.0 Å². The zero-order valence-corrected chi connectivity index (χ0v) is 19.5. The maximum Gasteiger partial charge on any atom is 0.278 e. The second-order valence-electron chi connectivity index (χ2n) is 7.52. The summed E-state index contributed by atoms with van der Waals surface area (Å²) in [6.07, 6.45) is 2.91. The van der Waals surface area contributed by atoms with E-state index < -0.39 is 0 Å². The molecule has 0 aliphatic carbocycles. The van der Waals surface area contributed by atoms with E-state index in [0.29, 0.717) is 18.3 Å². The molecule has 2 aromatic heterocycles. The van der Waals surface area contributed by atoms with Crippen LogP contribution in [0.2, 0.25) is 0 Å². The van der Waals surface area contributed by atoms with Crippen molar-refractivity contribution in [3.63, 3.8) is 0 Å². The predicted molar refractivity (Wildman–Crippen MR) is 127 cm³/mol. The first kappa shape index (κ1) is 21.7. The molecule has 0 amide bonds. The lowest BCUT2D eigenvalue weighted by Gasteiger charge is -2.11. The average Bonchev–Trinajstić information content (AvgIpc) is 3.21. The van der Waals surface area contributed by atoms with Crippen molar-refractivity contribution in [2.75, 3.05) is 5.32 Å². The number of rotatable bonds is 9. The topological polar surface area (TPSA) is 55.6 Å². The van der Waals surface area contributed by atoms with E-state index in [1.165, 1.54) is 11.1 Å². The van der Waals surface area contributed by atoms with Crippen LogP contribution in [0.3, 0.4) is 0 Å². The fourth-order valence-electron chi connectivity index (χ4n) is 3.25. The second-order valence-corrected chi connectivity index (χ2v) is 9.55. The minimum absolute atomic E-state index is 0.0330. The fourth-order valence-corrected chi connectivity index (χ4v) is 4.38. The number of fused-ring (bicyclic) bond motifs is 1. The predicted octanol–water partition coefficient (Wildman–Crippen LogP) is 5.08. The Morgan fingerprint density at radius 1 is 1.03 bits per heavy atom. The Kier molecular flexibility index (Phi) is 7.10. The molecule has 0 saturated heterocycles. The average molecular weight is 454 g/mol. The van der Waals surface area contributed by atoms with Gasteiger partial charge in [0.05, 0.1) is 17.1 Å². The third-order valence-electron chi connectivity index (χ3n) is 5.19. The minimum Gasteiger partial charge on any atom is -0.365 e. The molecule has 4 aromatic rings. The van der Waals surface area contributed by atoms with Crippen molar-refractivity contribution in [2.45, 2.75) is 49.1 Å². The SMILES string of the molecule is CCC(C)Sc1nc(NCc2ccccc2)c2cnn(CC([ClH2+2])c3ccccc3)c2n1. The second kappa shape index (κ2) is 10.2. The minimum atomic E-state index is 0.0330. The van der Waals surface area contributed by atoms with Crippen LogP contribution in [-0.2, 0) is 13.1 Å². The molecule has 0 spiro atoms. The molecular formula is C24H28ClN5S+2. The number of benzene rings is 2. The third kappa shape index (κ3) is 5.38. The van der Waals surface area contributed by atoms with E-state index in [4.69, 9.17) is 21.6 Å². The molecule has 4 rings (SSSR count). The number of anilines is 1. The number of hydrogen-bond acceptors (Lipinski definition) is 5. The van der Waals surface area contributed by atoms with Crippen LogP contribution in [0, 0.1) is 11.6 Å². The molecule has 2 aromatic carbocycles. The molecule has 0 fully saturated rings. The molecular weight excluding hydrogens is 426 g/mol.